The molecular weight excluding hydrogens is 628 g/mol. The number of carbonyl (C=O) groups excluding carboxylic acids is 1. The van der Waals surface area contributed by atoms with Gasteiger partial charge in [-0.15, -0.1) is 0 Å². The molecule has 0 radical (unpaired) electrons. The van der Waals surface area contributed by atoms with Gasteiger partial charge in [-0.3, -0.25) is 9.21 Å². The number of hydrogen-bond acceptors (Lipinski definition) is 10. The molecular formula is C32H43ClN8O4S. The number of methoxy groups -OCH3 is 1. The Labute approximate surface area is 278 Å². The van der Waals surface area contributed by atoms with Crippen molar-refractivity contribution in [3.8, 4) is 5.75 Å². The molecule has 0 spiro atoms. The number of anilines is 6. The Kier molecular flexibility index (Phi) is 10.4. The monoisotopic (exact) mass is 670 g/mol. The van der Waals surface area contributed by atoms with Crippen LogP contribution in [0.25, 0.3) is 0 Å². The van der Waals surface area contributed by atoms with Gasteiger partial charge in [-0.05, 0) is 45.0 Å². The summed E-state index contributed by atoms with van der Waals surface area (Å²) in [6, 6.07) is 13.6. The number of nitrogens with zero attached hydrogens (tertiary/aromatic N) is 6. The van der Waals surface area contributed by atoms with Crippen molar-refractivity contribution in [1.82, 2.24) is 19.8 Å². The molecule has 3 aromatic rings. The van der Waals surface area contributed by atoms with Gasteiger partial charge in [0.1, 0.15) is 27.4 Å². The summed E-state index contributed by atoms with van der Waals surface area (Å²) in [4.78, 5) is 27.8. The molecule has 1 atom stereocenters. The highest BCUT2D eigenvalue weighted by molar-refractivity contribution is 7.85. The molecule has 2 aliphatic heterocycles. The van der Waals surface area contributed by atoms with E-state index >= 15 is 0 Å². The predicted molar refractivity (Wildman–Crippen MR) is 185 cm³/mol. The van der Waals surface area contributed by atoms with E-state index in [0.717, 1.165) is 62.9 Å². The lowest BCUT2D eigenvalue weighted by Crippen LogP contribution is -2.57. The molecule has 2 aliphatic rings. The quantitative estimate of drug-likeness (QED) is 0.293. The number of benzene rings is 2. The van der Waals surface area contributed by atoms with Crippen LogP contribution >= 0.6 is 11.6 Å². The van der Waals surface area contributed by atoms with Gasteiger partial charge in [0.2, 0.25) is 5.95 Å². The van der Waals surface area contributed by atoms with Gasteiger partial charge in [0.05, 0.1) is 30.4 Å². The molecule has 2 fully saturated rings. The summed E-state index contributed by atoms with van der Waals surface area (Å²) in [6.07, 6.45) is 2.93. The van der Waals surface area contributed by atoms with E-state index in [1.165, 1.54) is 6.20 Å². The van der Waals surface area contributed by atoms with E-state index in [0.29, 0.717) is 34.1 Å². The standard InChI is InChI=1S/C32H43ClN8O4S/c1-32(2,3)45-31(42)41-20-22(21-41)19-39-13-15-40(16-14-39)23-11-12-26(28(17-23)44-5)36-30-34-18-24(33)29(37-30)35-25-9-7-8-10-27(25)38(4)46(6)43/h7-12,17-18,22H,13-16,19-21H2,1-6H3,(H2,34,35,36,37). The molecule has 46 heavy (non-hydrogen) atoms. The summed E-state index contributed by atoms with van der Waals surface area (Å²) >= 11 is 6.45. The van der Waals surface area contributed by atoms with Crippen LogP contribution in [0.15, 0.2) is 48.7 Å². The van der Waals surface area contributed by atoms with Crippen molar-refractivity contribution < 1.29 is 18.5 Å². The first-order chi connectivity index (χ1) is 21.9. The molecule has 248 valence electrons. The number of carbonyl (C=O) groups is 1. The third kappa shape index (κ3) is 8.31. The zero-order valence-corrected chi connectivity index (χ0v) is 28.8. The zero-order chi connectivity index (χ0) is 33.0. The lowest BCUT2D eigenvalue weighted by Gasteiger charge is -2.44. The molecule has 1 unspecified atom stereocenters. The average Bonchev–Trinajstić information content (AvgIpc) is 3.00. The maximum Gasteiger partial charge on any atom is 0.410 e. The van der Waals surface area contributed by atoms with Crippen LogP contribution in [-0.4, -0.2) is 102 Å². The molecule has 0 bridgehead atoms. The zero-order valence-electron chi connectivity index (χ0n) is 27.2. The molecule has 2 aromatic carbocycles. The number of rotatable bonds is 10. The van der Waals surface area contributed by atoms with Gasteiger partial charge in [0.15, 0.2) is 5.82 Å². The second kappa shape index (κ2) is 14.3. The molecule has 2 saturated heterocycles. The second-order valence-electron chi connectivity index (χ2n) is 12.5. The third-order valence-electron chi connectivity index (χ3n) is 7.92. The molecule has 1 aromatic heterocycles. The lowest BCUT2D eigenvalue weighted by molar-refractivity contribution is -0.00657. The minimum Gasteiger partial charge on any atom is -0.494 e. The van der Waals surface area contributed by atoms with Crippen LogP contribution in [-0.2, 0) is 15.7 Å². The number of halogens is 1. The SMILES string of the molecule is COc1cc(N2CCN(CC3CN(C(=O)OC(C)(C)C)C3)CC2)ccc1Nc1ncc(Cl)c(Nc2ccccc2N(C)S(C)=O)n1. The first kappa shape index (κ1) is 33.6. The number of para-hydroxylation sites is 2. The summed E-state index contributed by atoms with van der Waals surface area (Å²) in [5.74, 6) is 1.91. The first-order valence-electron chi connectivity index (χ1n) is 15.3. The molecule has 0 saturated carbocycles. The second-order valence-corrected chi connectivity index (χ2v) is 14.3. The van der Waals surface area contributed by atoms with Crippen molar-refractivity contribution in [3.63, 3.8) is 0 Å². The minimum atomic E-state index is -1.20. The van der Waals surface area contributed by atoms with E-state index in [2.05, 4.69) is 36.5 Å². The molecule has 12 nitrogen and oxygen atoms in total. The summed E-state index contributed by atoms with van der Waals surface area (Å²) in [5.41, 5.74) is 2.79. The van der Waals surface area contributed by atoms with Crippen LogP contribution in [0.2, 0.25) is 5.02 Å². The highest BCUT2D eigenvalue weighted by atomic mass is 35.5. The Balaban J connectivity index is 1.17. The van der Waals surface area contributed by atoms with Crippen molar-refractivity contribution >= 4 is 63.2 Å². The van der Waals surface area contributed by atoms with E-state index in [1.54, 1.807) is 29.6 Å². The van der Waals surface area contributed by atoms with Gasteiger partial charge >= 0.3 is 6.09 Å². The fraction of sp³-hybridized carbons (Fsp3) is 0.469. The number of aromatic nitrogens is 2. The van der Waals surface area contributed by atoms with Crippen molar-refractivity contribution in [2.45, 2.75) is 26.4 Å². The Bertz CT molecular complexity index is 1560. The van der Waals surface area contributed by atoms with Gasteiger partial charge in [0.25, 0.3) is 0 Å². The van der Waals surface area contributed by atoms with Gasteiger partial charge in [-0.1, -0.05) is 23.7 Å². The number of likely N-dealkylation sites (tertiary alicyclic amines) is 1. The summed E-state index contributed by atoms with van der Waals surface area (Å²) in [7, 11) is 2.20. The van der Waals surface area contributed by atoms with E-state index in [4.69, 9.17) is 21.1 Å². The average molecular weight is 671 g/mol. The van der Waals surface area contributed by atoms with Crippen LogP contribution in [0.5, 0.6) is 5.75 Å². The summed E-state index contributed by atoms with van der Waals surface area (Å²) < 4.78 is 25.0. The maximum atomic E-state index is 12.2. The van der Waals surface area contributed by atoms with Crippen LogP contribution in [0.1, 0.15) is 20.8 Å². The predicted octanol–water partition coefficient (Wildman–Crippen LogP) is 5.34. The van der Waals surface area contributed by atoms with Crippen molar-refractivity contribution in [1.29, 1.82) is 0 Å². The fourth-order valence-corrected chi connectivity index (χ4v) is 6.02. The normalized spacial score (nSPS) is 16.4. The van der Waals surface area contributed by atoms with Gasteiger partial charge in [0, 0.05) is 76.8 Å². The number of hydrogen-bond donors (Lipinski definition) is 2. The molecule has 5 rings (SSSR count). The lowest BCUT2D eigenvalue weighted by atomic mass is 10.00. The summed E-state index contributed by atoms with van der Waals surface area (Å²) in [6.45, 7) is 11.9. The van der Waals surface area contributed by atoms with Crippen LogP contribution in [0, 0.1) is 5.92 Å². The fourth-order valence-electron chi connectivity index (χ4n) is 5.45. The van der Waals surface area contributed by atoms with Crippen LogP contribution in [0.3, 0.4) is 0 Å². The highest BCUT2D eigenvalue weighted by Crippen LogP contribution is 2.34. The van der Waals surface area contributed by atoms with E-state index in [1.807, 2.05) is 57.2 Å². The first-order valence-corrected chi connectivity index (χ1v) is 17.2. The number of amides is 1. The topological polar surface area (TPSA) is 115 Å². The van der Waals surface area contributed by atoms with Crippen LogP contribution in [0.4, 0.5) is 39.3 Å². The number of nitrogens with one attached hydrogen (secondary N) is 2. The Hall–Kier alpha value is -3.81. The molecule has 3 heterocycles. The van der Waals surface area contributed by atoms with E-state index < -0.39 is 16.6 Å². The Morgan fingerprint density at radius 2 is 1.80 bits per heavy atom. The molecule has 14 heteroatoms. The Morgan fingerprint density at radius 1 is 1.09 bits per heavy atom. The number of piperazine rings is 1. The van der Waals surface area contributed by atoms with Crippen LogP contribution < -0.4 is 24.6 Å². The smallest absolute Gasteiger partial charge is 0.410 e. The Morgan fingerprint density at radius 3 is 2.48 bits per heavy atom. The van der Waals surface area contributed by atoms with Crippen molar-refractivity contribution in [3.05, 3.63) is 53.7 Å². The molecule has 1 amide bonds. The minimum absolute atomic E-state index is 0.221. The van der Waals surface area contributed by atoms with E-state index in [-0.39, 0.29) is 6.09 Å². The number of ether oxygens (including phenoxy) is 2. The van der Waals surface area contributed by atoms with E-state index in [9.17, 15) is 9.00 Å². The largest absolute Gasteiger partial charge is 0.494 e. The van der Waals surface area contributed by atoms with Gasteiger partial charge in [-0.2, -0.15) is 4.98 Å². The highest BCUT2D eigenvalue weighted by Gasteiger charge is 2.35. The van der Waals surface area contributed by atoms with Crippen molar-refractivity contribution in [2.75, 3.05) is 86.1 Å². The van der Waals surface area contributed by atoms with Gasteiger partial charge < -0.3 is 29.9 Å². The van der Waals surface area contributed by atoms with Crippen molar-refractivity contribution in [2.24, 2.45) is 5.92 Å². The molecule has 0 aliphatic carbocycles. The third-order valence-corrected chi connectivity index (χ3v) is 9.17. The molecule has 2 N–H and O–H groups in total. The van der Waals surface area contributed by atoms with Gasteiger partial charge in [-0.25, -0.2) is 14.0 Å². The maximum absolute atomic E-state index is 12.2. The summed E-state index contributed by atoms with van der Waals surface area (Å²) in [5, 5.41) is 6.86.